The first-order valence-electron chi connectivity index (χ1n) is 17.2. The van der Waals surface area contributed by atoms with Crippen molar-refractivity contribution in [2.24, 2.45) is 0 Å². The van der Waals surface area contributed by atoms with Gasteiger partial charge in [0.2, 0.25) is 0 Å². The van der Waals surface area contributed by atoms with Crippen LogP contribution < -0.4 is 0 Å². The van der Waals surface area contributed by atoms with Gasteiger partial charge in [0.1, 0.15) is 5.58 Å². The molecule has 11 aromatic rings. The predicted molar refractivity (Wildman–Crippen MR) is 215 cm³/mol. The van der Waals surface area contributed by atoms with Crippen molar-refractivity contribution in [2.75, 3.05) is 0 Å². The van der Waals surface area contributed by atoms with E-state index in [1.807, 2.05) is 17.4 Å². The summed E-state index contributed by atoms with van der Waals surface area (Å²) < 4.78 is 11.8. The highest BCUT2D eigenvalue weighted by molar-refractivity contribution is 7.27. The monoisotopic (exact) mass is 668 g/mol. The number of rotatable bonds is 4. The van der Waals surface area contributed by atoms with Gasteiger partial charge in [0.25, 0.3) is 0 Å². The number of aromatic nitrogens is 2. The van der Waals surface area contributed by atoms with Gasteiger partial charge in [-0.2, -0.15) is 0 Å². The maximum atomic E-state index is 6.84. The van der Waals surface area contributed by atoms with Gasteiger partial charge in [-0.1, -0.05) is 127 Å². The van der Waals surface area contributed by atoms with Gasteiger partial charge in [-0.15, -0.1) is 11.3 Å². The molecule has 11 rings (SSSR count). The molecule has 0 bridgehead atoms. The van der Waals surface area contributed by atoms with Crippen LogP contribution in [0.3, 0.4) is 0 Å². The second kappa shape index (κ2) is 11.0. The molecule has 4 aromatic heterocycles. The van der Waals surface area contributed by atoms with Crippen molar-refractivity contribution in [1.29, 1.82) is 0 Å². The maximum Gasteiger partial charge on any atom is 0.161 e. The number of thiophene rings is 1. The first kappa shape index (κ1) is 28.4. The van der Waals surface area contributed by atoms with Crippen molar-refractivity contribution in [3.05, 3.63) is 170 Å². The van der Waals surface area contributed by atoms with Crippen LogP contribution in [0.5, 0.6) is 0 Å². The molecular formula is C47H28N2OS. The van der Waals surface area contributed by atoms with E-state index in [2.05, 4.69) is 168 Å². The topological polar surface area (TPSA) is 31.0 Å². The Kier molecular flexibility index (Phi) is 6.12. The van der Waals surface area contributed by atoms with Gasteiger partial charge in [-0.3, -0.25) is 0 Å². The molecule has 0 atom stereocenters. The molecule has 0 aliphatic heterocycles. The van der Waals surface area contributed by atoms with E-state index in [0.717, 1.165) is 61.4 Å². The molecule has 0 spiro atoms. The summed E-state index contributed by atoms with van der Waals surface area (Å²) in [4.78, 5) is 5.19. The van der Waals surface area contributed by atoms with Gasteiger partial charge in [0, 0.05) is 58.5 Å². The Morgan fingerprint density at radius 3 is 1.84 bits per heavy atom. The first-order valence-corrected chi connectivity index (χ1v) is 18.0. The third-order valence-electron chi connectivity index (χ3n) is 10.2. The Balaban J connectivity index is 1.18. The van der Waals surface area contributed by atoms with Gasteiger partial charge in [0.15, 0.2) is 5.58 Å². The molecule has 0 aliphatic rings. The first-order chi connectivity index (χ1) is 25.3. The lowest BCUT2D eigenvalue weighted by Crippen LogP contribution is -1.95. The molecule has 0 saturated carbocycles. The van der Waals surface area contributed by atoms with Crippen molar-refractivity contribution in [3.8, 4) is 39.3 Å². The summed E-state index contributed by atoms with van der Waals surface area (Å²) in [7, 11) is 0. The summed E-state index contributed by atoms with van der Waals surface area (Å²) >= 11 is 1.86. The number of nitrogens with zero attached hydrogens (tertiary/aromatic N) is 2. The molecule has 0 saturated heterocycles. The Morgan fingerprint density at radius 2 is 1.08 bits per heavy atom. The zero-order chi connectivity index (χ0) is 33.5. The zero-order valence-corrected chi connectivity index (χ0v) is 28.2. The molecule has 4 heteroatoms. The Bertz CT molecular complexity index is 3060. The van der Waals surface area contributed by atoms with Crippen LogP contribution in [-0.2, 0) is 0 Å². The summed E-state index contributed by atoms with van der Waals surface area (Å²) in [5.74, 6) is 0. The molecule has 0 unspecified atom stereocenters. The fourth-order valence-electron chi connectivity index (χ4n) is 7.90. The van der Waals surface area contributed by atoms with Gasteiger partial charge in [-0.05, 0) is 53.6 Å². The van der Waals surface area contributed by atoms with Crippen molar-refractivity contribution >= 4 is 75.3 Å². The summed E-state index contributed by atoms with van der Waals surface area (Å²) in [6.45, 7) is 0. The highest BCUT2D eigenvalue weighted by Crippen LogP contribution is 2.50. The summed E-state index contributed by atoms with van der Waals surface area (Å²) in [5, 5.41) is 7.37. The minimum atomic E-state index is 0.907. The van der Waals surface area contributed by atoms with Crippen LogP contribution in [0, 0.1) is 0 Å². The van der Waals surface area contributed by atoms with E-state index in [1.165, 1.54) is 41.9 Å². The molecule has 7 aromatic carbocycles. The molecule has 0 N–H and O–H groups in total. The van der Waals surface area contributed by atoms with Crippen molar-refractivity contribution < 1.29 is 4.42 Å². The SMILES string of the molecule is c1ccc(-c2cc(-c3ccccc3)nc(-c3ccc(-n4c5ccccc5c5c6c7ccccc7sc6c6c7ccccc7oc6c54)cc3)c2)cc1. The number of para-hydroxylation sites is 2. The van der Waals surface area contributed by atoms with E-state index in [0.29, 0.717) is 0 Å². The van der Waals surface area contributed by atoms with Crippen LogP contribution in [0.1, 0.15) is 0 Å². The van der Waals surface area contributed by atoms with Crippen molar-refractivity contribution in [2.45, 2.75) is 0 Å². The van der Waals surface area contributed by atoms with Gasteiger partial charge >= 0.3 is 0 Å². The van der Waals surface area contributed by atoms with Crippen LogP contribution in [0.15, 0.2) is 174 Å². The van der Waals surface area contributed by atoms with Crippen LogP contribution in [0.2, 0.25) is 0 Å². The van der Waals surface area contributed by atoms with Gasteiger partial charge in [-0.25, -0.2) is 4.98 Å². The highest BCUT2D eigenvalue weighted by Gasteiger charge is 2.25. The summed E-state index contributed by atoms with van der Waals surface area (Å²) in [6.07, 6.45) is 0. The summed E-state index contributed by atoms with van der Waals surface area (Å²) in [6, 6.07) is 60.2. The number of furan rings is 1. The summed E-state index contributed by atoms with van der Waals surface area (Å²) in [5.41, 5.74) is 11.5. The Morgan fingerprint density at radius 1 is 0.471 bits per heavy atom. The van der Waals surface area contributed by atoms with E-state index < -0.39 is 0 Å². The van der Waals surface area contributed by atoms with E-state index in [1.54, 1.807) is 0 Å². The second-order valence-electron chi connectivity index (χ2n) is 13.1. The van der Waals surface area contributed by atoms with Crippen LogP contribution in [0.25, 0.3) is 103 Å². The van der Waals surface area contributed by atoms with Crippen LogP contribution in [0.4, 0.5) is 0 Å². The van der Waals surface area contributed by atoms with Crippen LogP contribution >= 0.6 is 11.3 Å². The average Bonchev–Trinajstić information content (AvgIpc) is 3.88. The Labute approximate surface area is 297 Å². The van der Waals surface area contributed by atoms with E-state index in [4.69, 9.17) is 9.40 Å². The molecule has 51 heavy (non-hydrogen) atoms. The number of hydrogen-bond acceptors (Lipinski definition) is 3. The molecule has 3 nitrogen and oxygen atoms in total. The molecular weight excluding hydrogens is 641 g/mol. The molecule has 4 heterocycles. The quantitative estimate of drug-likeness (QED) is 0.187. The minimum Gasteiger partial charge on any atom is -0.454 e. The number of benzene rings is 7. The lowest BCUT2D eigenvalue weighted by Gasteiger charge is -2.12. The van der Waals surface area contributed by atoms with E-state index in [9.17, 15) is 0 Å². The third-order valence-corrected chi connectivity index (χ3v) is 11.4. The van der Waals surface area contributed by atoms with Gasteiger partial charge in [0.05, 0.1) is 22.4 Å². The largest absolute Gasteiger partial charge is 0.454 e. The minimum absolute atomic E-state index is 0.907. The van der Waals surface area contributed by atoms with Crippen LogP contribution in [-0.4, -0.2) is 9.55 Å². The normalized spacial score (nSPS) is 11.9. The fourth-order valence-corrected chi connectivity index (χ4v) is 9.16. The Hall–Kier alpha value is -6.49. The smallest absolute Gasteiger partial charge is 0.161 e. The fraction of sp³-hybridized carbons (Fsp3) is 0. The lowest BCUT2D eigenvalue weighted by atomic mass is 10.00. The predicted octanol–water partition coefficient (Wildman–Crippen LogP) is 13.4. The number of hydrogen-bond donors (Lipinski definition) is 0. The molecule has 0 radical (unpaired) electrons. The second-order valence-corrected chi connectivity index (χ2v) is 14.1. The molecule has 0 aliphatic carbocycles. The molecule has 238 valence electrons. The molecule has 0 fully saturated rings. The molecule has 0 amide bonds. The van der Waals surface area contributed by atoms with Gasteiger partial charge < -0.3 is 8.98 Å². The highest BCUT2D eigenvalue weighted by atomic mass is 32.1. The lowest BCUT2D eigenvalue weighted by molar-refractivity contribution is 0.671. The third kappa shape index (κ3) is 4.27. The van der Waals surface area contributed by atoms with Crippen molar-refractivity contribution in [3.63, 3.8) is 0 Å². The van der Waals surface area contributed by atoms with E-state index in [-0.39, 0.29) is 0 Å². The number of fused-ring (bicyclic) bond motifs is 12. The van der Waals surface area contributed by atoms with E-state index >= 15 is 0 Å². The zero-order valence-electron chi connectivity index (χ0n) is 27.4. The number of pyridine rings is 1. The maximum absolute atomic E-state index is 6.84. The van der Waals surface area contributed by atoms with Crippen molar-refractivity contribution in [1.82, 2.24) is 9.55 Å². The average molecular weight is 669 g/mol. The standard InChI is InChI=1S/C47H28N2OS/c1-3-13-29(14-4-1)32-27-37(30-15-5-2-6-16-30)48-38(28-32)31-23-25-33(26-24-31)49-39-20-10-7-17-34(39)42-43-36-19-9-12-22-41(36)51-47(43)44-35-18-8-11-21-40(35)50-46(44)45(42)49/h1-28H.